The molecule has 2 fully saturated rings. The first-order chi connectivity index (χ1) is 10.4. The molecule has 0 N–H and O–H groups in total. The molecule has 0 unspecified atom stereocenters. The van der Waals surface area contributed by atoms with Crippen LogP contribution in [0.25, 0.3) is 0 Å². The largest absolute Gasteiger partial charge is 0.381 e. The van der Waals surface area contributed by atoms with Gasteiger partial charge in [-0.05, 0) is 37.2 Å². The molecule has 2 aliphatic heterocycles. The molecule has 2 heterocycles. The summed E-state index contributed by atoms with van der Waals surface area (Å²) in [7, 11) is 0. The van der Waals surface area contributed by atoms with Gasteiger partial charge in [-0.3, -0.25) is 0 Å². The second-order valence-corrected chi connectivity index (χ2v) is 6.38. The van der Waals surface area contributed by atoms with Crippen molar-refractivity contribution in [2.45, 2.75) is 38.4 Å². The first-order valence-electron chi connectivity index (χ1n) is 8.36. The average molecular weight is 289 g/mol. The van der Waals surface area contributed by atoms with E-state index in [4.69, 9.17) is 9.47 Å². The van der Waals surface area contributed by atoms with Crippen molar-refractivity contribution in [1.82, 2.24) is 4.90 Å². The Labute approximate surface area is 128 Å². The van der Waals surface area contributed by atoms with Crippen LogP contribution in [0.2, 0.25) is 0 Å². The summed E-state index contributed by atoms with van der Waals surface area (Å²) in [6.45, 7) is 6.25. The molecule has 0 saturated carbocycles. The van der Waals surface area contributed by atoms with Crippen molar-refractivity contribution in [2.24, 2.45) is 5.92 Å². The van der Waals surface area contributed by atoms with Gasteiger partial charge in [-0.25, -0.2) is 0 Å². The van der Waals surface area contributed by atoms with Crippen LogP contribution >= 0.6 is 0 Å². The lowest BCUT2D eigenvalue weighted by Gasteiger charge is -2.35. The molecule has 0 aliphatic carbocycles. The van der Waals surface area contributed by atoms with Gasteiger partial charge in [0.1, 0.15) is 0 Å². The van der Waals surface area contributed by atoms with Crippen LogP contribution in [0.15, 0.2) is 30.3 Å². The van der Waals surface area contributed by atoms with Crippen LogP contribution in [0.5, 0.6) is 0 Å². The SMILES string of the molecule is c1ccc(COC2CCN(C[C@@H]3CCCOC3)CC2)cc1. The van der Waals surface area contributed by atoms with Crippen molar-refractivity contribution >= 4 is 0 Å². The minimum atomic E-state index is 0.434. The minimum absolute atomic E-state index is 0.434. The second kappa shape index (κ2) is 7.92. The molecule has 3 rings (SSSR count). The zero-order valence-corrected chi connectivity index (χ0v) is 12.9. The fourth-order valence-corrected chi connectivity index (χ4v) is 3.36. The molecule has 0 aromatic heterocycles. The lowest BCUT2D eigenvalue weighted by molar-refractivity contribution is -0.0143. The molecule has 1 aromatic rings. The van der Waals surface area contributed by atoms with Crippen molar-refractivity contribution in [3.63, 3.8) is 0 Å². The van der Waals surface area contributed by atoms with Gasteiger partial charge in [0.05, 0.1) is 19.3 Å². The highest BCUT2D eigenvalue weighted by Crippen LogP contribution is 2.20. The number of piperidine rings is 1. The number of benzene rings is 1. The van der Waals surface area contributed by atoms with Gasteiger partial charge in [0.15, 0.2) is 0 Å². The van der Waals surface area contributed by atoms with Crippen molar-refractivity contribution in [2.75, 3.05) is 32.8 Å². The lowest BCUT2D eigenvalue weighted by Crippen LogP contribution is -2.41. The van der Waals surface area contributed by atoms with Crippen molar-refractivity contribution in [3.8, 4) is 0 Å². The Morgan fingerprint density at radius 3 is 2.62 bits per heavy atom. The van der Waals surface area contributed by atoms with E-state index in [0.717, 1.165) is 25.7 Å². The molecule has 3 heteroatoms. The molecule has 21 heavy (non-hydrogen) atoms. The number of ether oxygens (including phenoxy) is 2. The molecule has 3 nitrogen and oxygen atoms in total. The van der Waals surface area contributed by atoms with Gasteiger partial charge in [-0.15, -0.1) is 0 Å². The molecule has 0 amide bonds. The standard InChI is InChI=1S/C18H27NO2/c1-2-5-16(6-3-1)15-21-18-8-10-19(11-9-18)13-17-7-4-12-20-14-17/h1-3,5-6,17-18H,4,7-15H2/t17-/m0/s1. The molecule has 1 atom stereocenters. The lowest BCUT2D eigenvalue weighted by atomic mass is 9.99. The Balaban J connectivity index is 1.35. The molecule has 116 valence electrons. The number of likely N-dealkylation sites (tertiary alicyclic amines) is 1. The number of hydrogen-bond acceptors (Lipinski definition) is 3. The van der Waals surface area contributed by atoms with Gasteiger partial charge in [-0.1, -0.05) is 30.3 Å². The van der Waals surface area contributed by atoms with Crippen LogP contribution in [-0.4, -0.2) is 43.9 Å². The summed E-state index contributed by atoms with van der Waals surface area (Å²) in [6.07, 6.45) is 5.34. The van der Waals surface area contributed by atoms with Gasteiger partial charge < -0.3 is 14.4 Å². The fourth-order valence-electron chi connectivity index (χ4n) is 3.36. The smallest absolute Gasteiger partial charge is 0.0720 e. The summed E-state index contributed by atoms with van der Waals surface area (Å²) in [5.74, 6) is 0.750. The van der Waals surface area contributed by atoms with Crippen LogP contribution in [0.3, 0.4) is 0 Å². The van der Waals surface area contributed by atoms with Gasteiger partial charge in [-0.2, -0.15) is 0 Å². The first kappa shape index (κ1) is 15.0. The number of nitrogens with zero attached hydrogens (tertiary/aromatic N) is 1. The Morgan fingerprint density at radius 2 is 1.90 bits per heavy atom. The van der Waals surface area contributed by atoms with Crippen molar-refractivity contribution < 1.29 is 9.47 Å². The Hall–Kier alpha value is -0.900. The van der Waals surface area contributed by atoms with Crippen LogP contribution in [0.1, 0.15) is 31.2 Å². The fraction of sp³-hybridized carbons (Fsp3) is 0.667. The number of rotatable bonds is 5. The molecular formula is C18H27NO2. The maximum absolute atomic E-state index is 6.06. The third kappa shape index (κ3) is 4.80. The van der Waals surface area contributed by atoms with Crippen LogP contribution < -0.4 is 0 Å². The highest BCUT2D eigenvalue weighted by atomic mass is 16.5. The summed E-state index contributed by atoms with van der Waals surface area (Å²) < 4.78 is 11.6. The van der Waals surface area contributed by atoms with E-state index in [2.05, 4.69) is 35.2 Å². The summed E-state index contributed by atoms with van der Waals surface area (Å²) in [6, 6.07) is 10.5. The second-order valence-electron chi connectivity index (χ2n) is 6.38. The first-order valence-corrected chi connectivity index (χ1v) is 8.36. The zero-order valence-electron chi connectivity index (χ0n) is 12.9. The van der Waals surface area contributed by atoms with Crippen LogP contribution in [-0.2, 0) is 16.1 Å². The molecule has 0 bridgehead atoms. The van der Waals surface area contributed by atoms with Gasteiger partial charge in [0.2, 0.25) is 0 Å². The predicted molar refractivity (Wildman–Crippen MR) is 84.2 cm³/mol. The maximum atomic E-state index is 6.06. The van der Waals surface area contributed by atoms with E-state index >= 15 is 0 Å². The average Bonchev–Trinajstić information content (AvgIpc) is 2.56. The molecule has 0 radical (unpaired) electrons. The minimum Gasteiger partial charge on any atom is -0.381 e. The molecule has 2 saturated heterocycles. The van der Waals surface area contributed by atoms with Crippen molar-refractivity contribution in [3.05, 3.63) is 35.9 Å². The van der Waals surface area contributed by atoms with E-state index in [-0.39, 0.29) is 0 Å². The van der Waals surface area contributed by atoms with E-state index in [0.29, 0.717) is 6.10 Å². The van der Waals surface area contributed by atoms with Gasteiger partial charge in [0.25, 0.3) is 0 Å². The monoisotopic (exact) mass is 289 g/mol. The summed E-state index contributed by atoms with van der Waals surface area (Å²) in [5.41, 5.74) is 1.28. The Kier molecular flexibility index (Phi) is 5.67. The number of hydrogen-bond donors (Lipinski definition) is 0. The van der Waals surface area contributed by atoms with Crippen LogP contribution in [0.4, 0.5) is 0 Å². The van der Waals surface area contributed by atoms with Gasteiger partial charge >= 0.3 is 0 Å². The topological polar surface area (TPSA) is 21.7 Å². The molecular weight excluding hydrogens is 262 g/mol. The summed E-state index contributed by atoms with van der Waals surface area (Å²) >= 11 is 0. The van der Waals surface area contributed by atoms with E-state index in [9.17, 15) is 0 Å². The van der Waals surface area contributed by atoms with Crippen LogP contribution in [0, 0.1) is 5.92 Å². The van der Waals surface area contributed by atoms with E-state index < -0.39 is 0 Å². The highest BCUT2D eigenvalue weighted by molar-refractivity contribution is 5.13. The Bertz CT molecular complexity index is 395. The third-order valence-electron chi connectivity index (χ3n) is 4.63. The Morgan fingerprint density at radius 1 is 1.10 bits per heavy atom. The third-order valence-corrected chi connectivity index (χ3v) is 4.63. The highest BCUT2D eigenvalue weighted by Gasteiger charge is 2.23. The molecule has 1 aromatic carbocycles. The van der Waals surface area contributed by atoms with E-state index in [1.54, 1.807) is 0 Å². The van der Waals surface area contributed by atoms with Gasteiger partial charge in [0, 0.05) is 26.2 Å². The molecule has 2 aliphatic rings. The molecule has 0 spiro atoms. The predicted octanol–water partition coefficient (Wildman–Crippen LogP) is 3.09. The normalized spacial score (nSPS) is 25.0. The maximum Gasteiger partial charge on any atom is 0.0720 e. The van der Waals surface area contributed by atoms with E-state index in [1.165, 1.54) is 50.9 Å². The summed E-state index contributed by atoms with van der Waals surface area (Å²) in [5, 5.41) is 0. The summed E-state index contributed by atoms with van der Waals surface area (Å²) in [4.78, 5) is 2.60. The van der Waals surface area contributed by atoms with Crippen molar-refractivity contribution in [1.29, 1.82) is 0 Å². The van der Waals surface area contributed by atoms with E-state index in [1.807, 2.05) is 0 Å². The quantitative estimate of drug-likeness (QED) is 0.831. The zero-order chi connectivity index (χ0) is 14.3.